The number of thioether (sulfide) groups is 1. The van der Waals surface area contributed by atoms with E-state index >= 15 is 0 Å². The number of ether oxygens (including phenoxy) is 1. The van der Waals surface area contributed by atoms with Gasteiger partial charge in [0.15, 0.2) is 10.8 Å². The van der Waals surface area contributed by atoms with Gasteiger partial charge in [-0.3, -0.25) is 9.20 Å². The molecule has 1 amide bonds. The lowest BCUT2D eigenvalue weighted by atomic mass is 10.1. The van der Waals surface area contributed by atoms with Gasteiger partial charge in [0.05, 0.1) is 17.9 Å². The smallest absolute Gasteiger partial charge is 0.233 e. The van der Waals surface area contributed by atoms with Crippen molar-refractivity contribution < 1.29 is 9.53 Å². The van der Waals surface area contributed by atoms with Crippen molar-refractivity contribution >= 4 is 34.2 Å². The van der Waals surface area contributed by atoms with Crippen molar-refractivity contribution in [1.29, 1.82) is 0 Å². The highest BCUT2D eigenvalue weighted by Crippen LogP contribution is 2.28. The molecule has 0 saturated heterocycles. The number of carbonyl (C=O) groups excluding carboxylic acids is 1. The summed E-state index contributed by atoms with van der Waals surface area (Å²) in [6.07, 6.45) is 0. The summed E-state index contributed by atoms with van der Waals surface area (Å²) in [6, 6.07) is 17.8. The van der Waals surface area contributed by atoms with Crippen LogP contribution >= 0.6 is 11.8 Å². The molecule has 0 aliphatic heterocycles. The Bertz CT molecular complexity index is 1170. The van der Waals surface area contributed by atoms with E-state index in [1.165, 1.54) is 11.8 Å². The number of nitrogens with one attached hydrogen (secondary N) is 1. The van der Waals surface area contributed by atoms with E-state index in [2.05, 4.69) is 34.6 Å². The first-order valence-corrected chi connectivity index (χ1v) is 10.3. The number of para-hydroxylation sites is 1. The minimum Gasteiger partial charge on any atom is -0.497 e. The van der Waals surface area contributed by atoms with Crippen molar-refractivity contribution in [3.8, 4) is 5.75 Å². The summed E-state index contributed by atoms with van der Waals surface area (Å²) in [6.45, 7) is 4.42. The van der Waals surface area contributed by atoms with Crippen molar-refractivity contribution in [2.75, 3.05) is 7.11 Å². The molecule has 0 aliphatic carbocycles. The predicted molar refractivity (Wildman–Crippen MR) is 115 cm³/mol. The Kier molecular flexibility index (Phi) is 5.40. The molecule has 0 radical (unpaired) electrons. The number of carbonyl (C=O) groups is 1. The highest BCUT2D eigenvalue weighted by molar-refractivity contribution is 8.00. The number of methoxy groups -OCH3 is 1. The summed E-state index contributed by atoms with van der Waals surface area (Å²) in [5.41, 5.74) is 4.00. The number of hydrogen-bond donors (Lipinski definition) is 1. The van der Waals surface area contributed by atoms with Crippen LogP contribution in [-0.2, 0) is 11.3 Å². The van der Waals surface area contributed by atoms with Gasteiger partial charge < -0.3 is 10.1 Å². The first-order valence-electron chi connectivity index (χ1n) is 9.37. The van der Waals surface area contributed by atoms with Crippen molar-refractivity contribution in [1.82, 2.24) is 19.9 Å². The maximum absolute atomic E-state index is 12.6. The van der Waals surface area contributed by atoms with Crippen molar-refractivity contribution in [3.63, 3.8) is 0 Å². The second-order valence-corrected chi connectivity index (χ2v) is 8.15. The number of rotatable bonds is 6. The van der Waals surface area contributed by atoms with Crippen molar-refractivity contribution in [3.05, 3.63) is 65.7 Å². The summed E-state index contributed by atoms with van der Waals surface area (Å²) in [5.74, 6) is 0.754. The van der Waals surface area contributed by atoms with Gasteiger partial charge in [0.1, 0.15) is 5.75 Å². The molecule has 4 rings (SSSR count). The second kappa shape index (κ2) is 8.13. The molecule has 0 spiro atoms. The minimum absolute atomic E-state index is 0.0426. The van der Waals surface area contributed by atoms with Gasteiger partial charge in [0, 0.05) is 11.9 Å². The van der Waals surface area contributed by atoms with Gasteiger partial charge in [-0.15, -0.1) is 10.2 Å². The molecule has 0 aliphatic rings. The van der Waals surface area contributed by atoms with E-state index in [1.54, 1.807) is 7.11 Å². The standard InChI is InChI=1S/C22H22N4O2S/c1-14-12-20-24-25-22(26(20)19-7-5-4-6-18(14)19)29-15(2)21(27)23-13-16-8-10-17(28-3)11-9-16/h4-12,15H,13H2,1-3H3,(H,23,27). The molecule has 29 heavy (non-hydrogen) atoms. The van der Waals surface area contributed by atoms with Crippen LogP contribution in [-0.4, -0.2) is 32.9 Å². The fraction of sp³-hybridized carbons (Fsp3) is 0.227. The topological polar surface area (TPSA) is 68.5 Å². The molecule has 1 unspecified atom stereocenters. The molecule has 6 nitrogen and oxygen atoms in total. The van der Waals surface area contributed by atoms with Crippen LogP contribution < -0.4 is 10.1 Å². The van der Waals surface area contributed by atoms with Gasteiger partial charge in [0.25, 0.3) is 0 Å². The quantitative estimate of drug-likeness (QED) is 0.490. The molecule has 0 fully saturated rings. The summed E-state index contributed by atoms with van der Waals surface area (Å²) >= 11 is 1.41. The number of benzene rings is 2. The number of amides is 1. The number of fused-ring (bicyclic) bond motifs is 3. The van der Waals surface area contributed by atoms with Crippen molar-refractivity contribution in [2.45, 2.75) is 30.8 Å². The van der Waals surface area contributed by atoms with E-state index in [0.717, 1.165) is 33.4 Å². The zero-order chi connectivity index (χ0) is 20.4. The van der Waals surface area contributed by atoms with E-state index in [9.17, 15) is 4.79 Å². The van der Waals surface area contributed by atoms with E-state index in [-0.39, 0.29) is 11.2 Å². The van der Waals surface area contributed by atoms with Gasteiger partial charge in [0.2, 0.25) is 5.91 Å². The highest BCUT2D eigenvalue weighted by Gasteiger charge is 2.19. The third-order valence-electron chi connectivity index (χ3n) is 4.85. The van der Waals surface area contributed by atoms with E-state index < -0.39 is 0 Å². The number of pyridine rings is 1. The number of hydrogen-bond acceptors (Lipinski definition) is 5. The number of aryl methyl sites for hydroxylation is 1. The first kappa shape index (κ1) is 19.3. The SMILES string of the molecule is COc1ccc(CNC(=O)C(C)Sc2nnc3cc(C)c4ccccc4n23)cc1. The van der Waals surface area contributed by atoms with E-state index in [4.69, 9.17) is 4.74 Å². The molecule has 2 heterocycles. The molecule has 2 aromatic carbocycles. The molecule has 4 aromatic rings. The van der Waals surface area contributed by atoms with Crippen LogP contribution in [0.4, 0.5) is 0 Å². The van der Waals surface area contributed by atoms with Crippen LogP contribution in [0.15, 0.2) is 59.8 Å². The lowest BCUT2D eigenvalue weighted by Gasteiger charge is -2.12. The van der Waals surface area contributed by atoms with Gasteiger partial charge in [-0.25, -0.2) is 0 Å². The zero-order valence-electron chi connectivity index (χ0n) is 16.5. The Morgan fingerprint density at radius 2 is 1.93 bits per heavy atom. The van der Waals surface area contributed by atoms with Crippen LogP contribution in [0.3, 0.4) is 0 Å². The van der Waals surface area contributed by atoms with E-state index in [0.29, 0.717) is 11.7 Å². The van der Waals surface area contributed by atoms with Crippen LogP contribution in [0.25, 0.3) is 16.6 Å². The second-order valence-electron chi connectivity index (χ2n) is 6.85. The van der Waals surface area contributed by atoms with Crippen LogP contribution in [0.2, 0.25) is 0 Å². The van der Waals surface area contributed by atoms with Crippen LogP contribution in [0, 0.1) is 6.92 Å². The fourth-order valence-corrected chi connectivity index (χ4v) is 4.13. The maximum Gasteiger partial charge on any atom is 0.233 e. The fourth-order valence-electron chi connectivity index (χ4n) is 3.24. The van der Waals surface area contributed by atoms with Gasteiger partial charge in [-0.2, -0.15) is 0 Å². The number of nitrogens with zero attached hydrogens (tertiary/aromatic N) is 3. The van der Waals surface area contributed by atoms with Crippen molar-refractivity contribution in [2.24, 2.45) is 0 Å². The normalized spacial score (nSPS) is 12.2. The largest absolute Gasteiger partial charge is 0.497 e. The Hall–Kier alpha value is -3.06. The highest BCUT2D eigenvalue weighted by atomic mass is 32.2. The first-order chi connectivity index (χ1) is 14.1. The Morgan fingerprint density at radius 3 is 2.69 bits per heavy atom. The Labute approximate surface area is 173 Å². The van der Waals surface area contributed by atoms with Crippen LogP contribution in [0.5, 0.6) is 5.75 Å². The summed E-state index contributed by atoms with van der Waals surface area (Å²) in [4.78, 5) is 12.6. The molecule has 2 aromatic heterocycles. The van der Waals surface area contributed by atoms with Crippen LogP contribution in [0.1, 0.15) is 18.1 Å². The Balaban J connectivity index is 1.50. The molecule has 0 saturated carbocycles. The average molecular weight is 407 g/mol. The van der Waals surface area contributed by atoms with E-state index in [1.807, 2.05) is 53.8 Å². The molecule has 7 heteroatoms. The number of aromatic nitrogens is 3. The van der Waals surface area contributed by atoms with Gasteiger partial charge >= 0.3 is 0 Å². The Morgan fingerprint density at radius 1 is 1.17 bits per heavy atom. The predicted octanol–water partition coefficient (Wildman–Crippen LogP) is 4.00. The average Bonchev–Trinajstić information content (AvgIpc) is 3.15. The molecule has 0 bridgehead atoms. The molecule has 1 N–H and O–H groups in total. The summed E-state index contributed by atoms with van der Waals surface area (Å²) in [5, 5.41) is 13.2. The zero-order valence-corrected chi connectivity index (χ0v) is 17.4. The lowest BCUT2D eigenvalue weighted by molar-refractivity contribution is -0.120. The lowest BCUT2D eigenvalue weighted by Crippen LogP contribution is -2.30. The summed E-state index contributed by atoms with van der Waals surface area (Å²) in [7, 11) is 1.63. The van der Waals surface area contributed by atoms with Gasteiger partial charge in [-0.05, 0) is 49.2 Å². The van der Waals surface area contributed by atoms with Gasteiger partial charge in [-0.1, -0.05) is 42.1 Å². The molecular weight excluding hydrogens is 384 g/mol. The maximum atomic E-state index is 12.6. The summed E-state index contributed by atoms with van der Waals surface area (Å²) < 4.78 is 7.17. The molecule has 1 atom stereocenters. The minimum atomic E-state index is -0.305. The molecule has 148 valence electrons. The molecular formula is C22H22N4O2S. The third kappa shape index (κ3) is 3.91. The monoisotopic (exact) mass is 406 g/mol. The third-order valence-corrected chi connectivity index (χ3v) is 5.89.